The van der Waals surface area contributed by atoms with Crippen LogP contribution < -0.4 is 11.5 Å². The van der Waals surface area contributed by atoms with E-state index in [4.69, 9.17) is 11.5 Å². The summed E-state index contributed by atoms with van der Waals surface area (Å²) in [5.41, 5.74) is 17.2. The molecule has 0 saturated heterocycles. The Bertz CT molecular complexity index is 1250. The first-order chi connectivity index (χ1) is 16.7. The van der Waals surface area contributed by atoms with Crippen molar-refractivity contribution >= 4 is 24.1 Å². The molecule has 4 aromatic rings. The van der Waals surface area contributed by atoms with Crippen molar-refractivity contribution in [3.63, 3.8) is 0 Å². The average molecular weight is 447 g/mol. The largest absolute Gasteiger partial charge is 0.380 e. The number of pyridine rings is 2. The van der Waals surface area contributed by atoms with Gasteiger partial charge in [0.05, 0.1) is 12.4 Å². The lowest BCUT2D eigenvalue weighted by atomic mass is 10.1. The van der Waals surface area contributed by atoms with E-state index < -0.39 is 0 Å². The fourth-order valence-corrected chi connectivity index (χ4v) is 3.11. The van der Waals surface area contributed by atoms with E-state index in [0.29, 0.717) is 11.4 Å². The Morgan fingerprint density at radius 2 is 0.971 bits per heavy atom. The second kappa shape index (κ2) is 11.1. The van der Waals surface area contributed by atoms with Gasteiger partial charge < -0.3 is 11.5 Å². The summed E-state index contributed by atoms with van der Waals surface area (Å²) in [5.74, 6) is 0.375. The van der Waals surface area contributed by atoms with Crippen molar-refractivity contribution in [3.8, 4) is 22.3 Å². The topological polar surface area (TPSA) is 127 Å². The molecule has 0 fully saturated rings. The number of hydrogen-bond donors (Lipinski definition) is 2. The van der Waals surface area contributed by atoms with E-state index in [1.165, 1.54) is 12.4 Å². The van der Waals surface area contributed by atoms with Crippen LogP contribution in [0.5, 0.6) is 0 Å². The molecular weight excluding hydrogens is 424 g/mol. The van der Waals surface area contributed by atoms with Crippen LogP contribution in [0.25, 0.3) is 22.3 Å². The molecule has 4 rings (SSSR count). The van der Waals surface area contributed by atoms with E-state index >= 15 is 0 Å². The molecule has 0 aliphatic heterocycles. The van der Waals surface area contributed by atoms with Gasteiger partial charge in [-0.15, -0.1) is 10.2 Å². The Hall–Kier alpha value is -4.98. The summed E-state index contributed by atoms with van der Waals surface area (Å²) in [4.78, 5) is 8.51. The van der Waals surface area contributed by atoms with Gasteiger partial charge in [0.25, 0.3) is 0 Å². The third kappa shape index (κ3) is 5.83. The number of nitrogens with two attached hydrogens (primary N) is 2. The van der Waals surface area contributed by atoms with Gasteiger partial charge in [0.2, 0.25) is 0 Å². The second-order valence-electron chi connectivity index (χ2n) is 7.09. The van der Waals surface area contributed by atoms with Gasteiger partial charge in [-0.05, 0) is 46.5 Å². The molecule has 2 aromatic carbocycles. The van der Waals surface area contributed by atoms with Crippen LogP contribution in [0, 0.1) is 0 Å². The molecule has 0 spiro atoms. The van der Waals surface area contributed by atoms with Gasteiger partial charge in [-0.25, -0.2) is 0 Å². The van der Waals surface area contributed by atoms with Crippen LogP contribution in [-0.4, -0.2) is 34.1 Å². The maximum Gasteiger partial charge on any atom is 0.171 e. The first-order valence-electron chi connectivity index (χ1n) is 10.5. The van der Waals surface area contributed by atoms with Gasteiger partial charge in [-0.1, -0.05) is 60.7 Å². The molecule has 0 atom stereocenters. The minimum atomic E-state index is 0.187. The molecule has 2 aromatic heterocycles. The van der Waals surface area contributed by atoms with E-state index in [0.717, 1.165) is 22.3 Å². The van der Waals surface area contributed by atoms with Crippen LogP contribution >= 0.6 is 0 Å². The van der Waals surface area contributed by atoms with Crippen molar-refractivity contribution in [3.05, 3.63) is 109 Å². The van der Waals surface area contributed by atoms with Crippen molar-refractivity contribution in [2.45, 2.75) is 0 Å². The Labute approximate surface area is 197 Å². The fourth-order valence-electron chi connectivity index (χ4n) is 3.11. The summed E-state index contributed by atoms with van der Waals surface area (Å²) in [6, 6.07) is 27.4. The van der Waals surface area contributed by atoms with Gasteiger partial charge in [-0.2, -0.15) is 10.2 Å². The summed E-state index contributed by atoms with van der Waals surface area (Å²) in [6.45, 7) is 0. The summed E-state index contributed by atoms with van der Waals surface area (Å²) >= 11 is 0. The SMILES string of the molecule is NC(=N/N=C/C=N/N=C(N)c1cc(-c2ccccc2)ccn1)c1cc(-c2ccccc2)ccn1. The molecule has 0 radical (unpaired) electrons. The summed E-state index contributed by atoms with van der Waals surface area (Å²) in [5, 5.41) is 15.7. The molecule has 0 unspecified atom stereocenters. The van der Waals surface area contributed by atoms with E-state index in [9.17, 15) is 0 Å². The summed E-state index contributed by atoms with van der Waals surface area (Å²) in [7, 11) is 0. The Balaban J connectivity index is 1.40. The van der Waals surface area contributed by atoms with E-state index in [2.05, 4.69) is 30.4 Å². The van der Waals surface area contributed by atoms with E-state index in [1.807, 2.05) is 84.9 Å². The smallest absolute Gasteiger partial charge is 0.171 e. The number of nitrogens with zero attached hydrogens (tertiary/aromatic N) is 6. The third-order valence-corrected chi connectivity index (χ3v) is 4.79. The summed E-state index contributed by atoms with van der Waals surface area (Å²) < 4.78 is 0. The van der Waals surface area contributed by atoms with Gasteiger partial charge >= 0.3 is 0 Å². The lowest BCUT2D eigenvalue weighted by Gasteiger charge is -2.03. The molecule has 0 amide bonds. The molecule has 34 heavy (non-hydrogen) atoms. The van der Waals surface area contributed by atoms with Crippen molar-refractivity contribution in [2.75, 3.05) is 0 Å². The average Bonchev–Trinajstić information content (AvgIpc) is 2.91. The Morgan fingerprint density at radius 1 is 0.559 bits per heavy atom. The van der Waals surface area contributed by atoms with Crippen molar-refractivity contribution in [2.24, 2.45) is 31.9 Å². The summed E-state index contributed by atoms with van der Waals surface area (Å²) in [6.07, 6.45) is 6.09. The van der Waals surface area contributed by atoms with Crippen LogP contribution in [-0.2, 0) is 0 Å². The highest BCUT2D eigenvalue weighted by molar-refractivity contribution is 6.16. The Morgan fingerprint density at radius 3 is 1.38 bits per heavy atom. The van der Waals surface area contributed by atoms with Gasteiger partial charge in [0, 0.05) is 12.4 Å². The van der Waals surface area contributed by atoms with E-state index in [1.54, 1.807) is 12.4 Å². The highest BCUT2D eigenvalue weighted by atomic mass is 15.3. The molecule has 166 valence electrons. The number of benzene rings is 2. The van der Waals surface area contributed by atoms with Crippen molar-refractivity contribution in [1.82, 2.24) is 9.97 Å². The predicted octanol–water partition coefficient (Wildman–Crippen LogP) is 3.89. The second-order valence-corrected chi connectivity index (χ2v) is 7.09. The lowest BCUT2D eigenvalue weighted by Crippen LogP contribution is -2.14. The van der Waals surface area contributed by atoms with Gasteiger partial charge in [-0.3, -0.25) is 9.97 Å². The molecule has 0 bridgehead atoms. The zero-order valence-corrected chi connectivity index (χ0v) is 18.2. The quantitative estimate of drug-likeness (QED) is 0.253. The number of hydrogen-bond acceptors (Lipinski definition) is 6. The maximum absolute atomic E-state index is 6.02. The van der Waals surface area contributed by atoms with Crippen LogP contribution in [0.1, 0.15) is 11.4 Å². The molecule has 0 saturated carbocycles. The molecule has 8 heteroatoms. The number of amidine groups is 2. The van der Waals surface area contributed by atoms with Crippen LogP contribution in [0.3, 0.4) is 0 Å². The Kier molecular flexibility index (Phi) is 7.22. The van der Waals surface area contributed by atoms with Crippen LogP contribution in [0.15, 0.2) is 118 Å². The zero-order chi connectivity index (χ0) is 23.6. The lowest BCUT2D eigenvalue weighted by molar-refractivity contribution is 1.19. The molecule has 4 N–H and O–H groups in total. The molecule has 2 heterocycles. The highest BCUT2D eigenvalue weighted by Crippen LogP contribution is 2.19. The fraction of sp³-hybridized carbons (Fsp3) is 0. The molecule has 8 nitrogen and oxygen atoms in total. The first-order valence-corrected chi connectivity index (χ1v) is 10.5. The minimum Gasteiger partial charge on any atom is -0.380 e. The number of aromatic nitrogens is 2. The van der Waals surface area contributed by atoms with Crippen LogP contribution in [0.2, 0.25) is 0 Å². The molecule has 0 aliphatic carbocycles. The maximum atomic E-state index is 6.02. The third-order valence-electron chi connectivity index (χ3n) is 4.79. The monoisotopic (exact) mass is 446 g/mol. The van der Waals surface area contributed by atoms with Gasteiger partial charge in [0.15, 0.2) is 11.7 Å². The standard InChI is InChI=1S/C26H22N8/c27-25(23-17-21(11-13-29-23)19-7-3-1-4-8-19)33-31-15-16-32-34-26(28)24-18-22(12-14-30-24)20-9-5-2-6-10-20/h1-18H,(H2,27,33)(H2,28,34)/b31-15+,32-16+. The van der Waals surface area contributed by atoms with Gasteiger partial charge in [0.1, 0.15) is 11.4 Å². The van der Waals surface area contributed by atoms with Crippen molar-refractivity contribution in [1.29, 1.82) is 0 Å². The van der Waals surface area contributed by atoms with Crippen molar-refractivity contribution < 1.29 is 0 Å². The normalized spacial score (nSPS) is 12.5. The highest BCUT2D eigenvalue weighted by Gasteiger charge is 2.04. The predicted molar refractivity (Wildman–Crippen MR) is 138 cm³/mol. The molecular formula is C26H22N8. The minimum absolute atomic E-state index is 0.187. The van der Waals surface area contributed by atoms with Crippen LogP contribution in [0.4, 0.5) is 0 Å². The first kappa shape index (κ1) is 22.2. The zero-order valence-electron chi connectivity index (χ0n) is 18.2. The molecule has 0 aliphatic rings. The number of rotatable bonds is 7. The van der Waals surface area contributed by atoms with E-state index in [-0.39, 0.29) is 11.7 Å².